The molecule has 3 N–H and O–H groups in total. The van der Waals surface area contributed by atoms with Crippen LogP contribution in [0.1, 0.15) is 11.1 Å². The zero-order valence-electron chi connectivity index (χ0n) is 15.5. The van der Waals surface area contributed by atoms with Gasteiger partial charge >= 0.3 is 6.09 Å². The molecule has 2 heterocycles. The molecule has 1 amide bonds. The van der Waals surface area contributed by atoms with Crippen LogP contribution >= 0.6 is 12.1 Å². The van der Waals surface area contributed by atoms with Crippen LogP contribution in [0.4, 0.5) is 19.3 Å². The molecule has 1 aliphatic rings. The number of amides is 1. The minimum absolute atomic E-state index is 0.0392. The monoisotopic (exact) mass is 430 g/mol. The van der Waals surface area contributed by atoms with Gasteiger partial charge in [0.05, 0.1) is 13.1 Å². The summed E-state index contributed by atoms with van der Waals surface area (Å²) in [6.07, 6.45) is 0.786. The topological polar surface area (TPSA) is 89.7 Å². The summed E-state index contributed by atoms with van der Waals surface area (Å²) in [4.78, 5) is 17.6. The number of rotatable bonds is 6. The number of benzene rings is 2. The van der Waals surface area contributed by atoms with Crippen molar-refractivity contribution in [1.82, 2.24) is 9.88 Å². The first-order chi connectivity index (χ1) is 14.5. The van der Waals surface area contributed by atoms with Gasteiger partial charge in [-0.1, -0.05) is 6.07 Å². The van der Waals surface area contributed by atoms with Gasteiger partial charge in [0.25, 0.3) is 5.88 Å². The Morgan fingerprint density at radius 1 is 1.20 bits per heavy atom. The van der Waals surface area contributed by atoms with Crippen molar-refractivity contribution < 1.29 is 23.0 Å². The smallest absolute Gasteiger partial charge is 0.415 e. The lowest BCUT2D eigenvalue weighted by atomic mass is 10.1. The fourth-order valence-electron chi connectivity index (χ4n) is 2.94. The highest BCUT2D eigenvalue weighted by molar-refractivity contribution is 7.98. The van der Waals surface area contributed by atoms with E-state index in [-0.39, 0.29) is 24.7 Å². The van der Waals surface area contributed by atoms with Crippen molar-refractivity contribution in [3.05, 3.63) is 77.5 Å². The number of ether oxygens (including phenoxy) is 2. The molecule has 0 aliphatic carbocycles. The van der Waals surface area contributed by atoms with Gasteiger partial charge < -0.3 is 14.2 Å². The van der Waals surface area contributed by atoms with Crippen LogP contribution in [-0.2, 0) is 13.1 Å². The molecule has 30 heavy (non-hydrogen) atoms. The SMILES string of the molecule is NSNc1ccc(CN2Cc3ccc(Oc4ncccc4F)cc3OC2=O)c(F)c1. The summed E-state index contributed by atoms with van der Waals surface area (Å²) in [5.74, 6) is -0.673. The highest BCUT2D eigenvalue weighted by atomic mass is 32.2. The van der Waals surface area contributed by atoms with E-state index in [2.05, 4.69) is 9.71 Å². The summed E-state index contributed by atoms with van der Waals surface area (Å²) < 4.78 is 41.6. The quantitative estimate of drug-likeness (QED) is 0.553. The van der Waals surface area contributed by atoms with E-state index in [0.29, 0.717) is 22.6 Å². The second-order valence-electron chi connectivity index (χ2n) is 6.41. The molecule has 1 aliphatic heterocycles. The molecule has 154 valence electrons. The Hall–Kier alpha value is -3.37. The van der Waals surface area contributed by atoms with Gasteiger partial charge in [0, 0.05) is 41.2 Å². The summed E-state index contributed by atoms with van der Waals surface area (Å²) in [5, 5.41) is 5.31. The molecule has 7 nitrogen and oxygen atoms in total. The van der Waals surface area contributed by atoms with Crippen LogP contribution in [-0.4, -0.2) is 16.0 Å². The maximum absolute atomic E-state index is 14.3. The fourth-order valence-corrected chi connectivity index (χ4v) is 3.21. The number of hydrogen-bond acceptors (Lipinski definition) is 7. The number of nitrogens with two attached hydrogens (primary N) is 1. The normalized spacial score (nSPS) is 12.9. The third kappa shape index (κ3) is 4.29. The zero-order chi connectivity index (χ0) is 21.1. The summed E-state index contributed by atoms with van der Waals surface area (Å²) in [6.45, 7) is 0.266. The van der Waals surface area contributed by atoms with Crippen LogP contribution in [0.2, 0.25) is 0 Å². The predicted octanol–water partition coefficient (Wildman–Crippen LogP) is 4.60. The number of aromatic nitrogens is 1. The number of pyridine rings is 1. The molecular formula is C20H16F2N4O3S. The highest BCUT2D eigenvalue weighted by Crippen LogP contribution is 2.33. The van der Waals surface area contributed by atoms with E-state index in [1.807, 2.05) is 0 Å². The van der Waals surface area contributed by atoms with Crippen molar-refractivity contribution in [2.45, 2.75) is 13.1 Å². The number of carbonyl (C=O) groups excluding carboxylic acids is 1. The largest absolute Gasteiger partial charge is 0.436 e. The molecule has 0 atom stereocenters. The molecule has 0 fully saturated rings. The van der Waals surface area contributed by atoms with Crippen molar-refractivity contribution in [2.75, 3.05) is 4.72 Å². The van der Waals surface area contributed by atoms with Gasteiger partial charge in [-0.2, -0.15) is 0 Å². The van der Waals surface area contributed by atoms with Crippen LogP contribution in [0.15, 0.2) is 54.7 Å². The summed E-state index contributed by atoms with van der Waals surface area (Å²) in [6, 6.07) is 12.0. The average Bonchev–Trinajstić information content (AvgIpc) is 2.72. The third-order valence-electron chi connectivity index (χ3n) is 4.39. The molecule has 0 saturated heterocycles. The Kier molecular flexibility index (Phi) is 5.68. The van der Waals surface area contributed by atoms with E-state index >= 15 is 0 Å². The lowest BCUT2D eigenvalue weighted by Gasteiger charge is -2.28. The first-order valence-corrected chi connectivity index (χ1v) is 9.69. The lowest BCUT2D eigenvalue weighted by molar-refractivity contribution is 0.134. The van der Waals surface area contributed by atoms with Crippen molar-refractivity contribution in [3.63, 3.8) is 0 Å². The van der Waals surface area contributed by atoms with E-state index < -0.39 is 17.7 Å². The number of carbonyl (C=O) groups is 1. The molecule has 0 spiro atoms. The average molecular weight is 430 g/mol. The van der Waals surface area contributed by atoms with Gasteiger partial charge in [-0.05, 0) is 36.4 Å². The first kappa shape index (κ1) is 19.9. The van der Waals surface area contributed by atoms with Crippen molar-refractivity contribution in [3.8, 4) is 17.4 Å². The predicted molar refractivity (Wildman–Crippen MR) is 108 cm³/mol. The fraction of sp³-hybridized carbons (Fsp3) is 0.100. The van der Waals surface area contributed by atoms with E-state index in [1.54, 1.807) is 24.3 Å². The molecule has 10 heteroatoms. The summed E-state index contributed by atoms with van der Waals surface area (Å²) in [7, 11) is 0. The molecule has 4 rings (SSSR count). The van der Waals surface area contributed by atoms with Gasteiger partial charge in [0.1, 0.15) is 17.3 Å². The Morgan fingerprint density at radius 2 is 2.07 bits per heavy atom. The number of nitrogens with zero attached hydrogens (tertiary/aromatic N) is 2. The number of anilines is 1. The Balaban J connectivity index is 1.49. The number of nitrogens with one attached hydrogen (secondary N) is 1. The number of halogens is 2. The molecular weight excluding hydrogens is 414 g/mol. The molecule has 2 aromatic carbocycles. The van der Waals surface area contributed by atoms with Crippen LogP contribution in [0.5, 0.6) is 17.4 Å². The Labute approximate surface area is 175 Å². The van der Waals surface area contributed by atoms with Crippen LogP contribution in [0, 0.1) is 11.6 Å². The summed E-state index contributed by atoms with van der Waals surface area (Å²) >= 11 is 0.864. The Bertz CT molecular complexity index is 1100. The number of hydrogen-bond donors (Lipinski definition) is 2. The maximum Gasteiger partial charge on any atom is 0.415 e. The van der Waals surface area contributed by atoms with Gasteiger partial charge in [-0.15, -0.1) is 0 Å². The minimum Gasteiger partial charge on any atom is -0.436 e. The third-order valence-corrected chi connectivity index (χ3v) is 4.74. The second-order valence-corrected chi connectivity index (χ2v) is 6.85. The molecule has 1 aromatic heterocycles. The molecule has 0 bridgehead atoms. The minimum atomic E-state index is -0.622. The van der Waals surface area contributed by atoms with E-state index in [0.717, 1.165) is 12.1 Å². The van der Waals surface area contributed by atoms with Gasteiger partial charge in [0.2, 0.25) is 0 Å². The van der Waals surface area contributed by atoms with Crippen LogP contribution < -0.4 is 19.3 Å². The molecule has 0 saturated carbocycles. The number of fused-ring (bicyclic) bond motifs is 1. The van der Waals surface area contributed by atoms with Crippen molar-refractivity contribution in [2.24, 2.45) is 5.14 Å². The Morgan fingerprint density at radius 3 is 2.83 bits per heavy atom. The summed E-state index contributed by atoms with van der Waals surface area (Å²) in [5.41, 5.74) is 1.57. The van der Waals surface area contributed by atoms with Crippen LogP contribution in [0.3, 0.4) is 0 Å². The van der Waals surface area contributed by atoms with E-state index in [4.69, 9.17) is 14.6 Å². The standard InChI is InChI=1S/C20H16F2N4O3S/c21-16-2-1-7-24-19(16)28-15-6-4-13-11-26(20(27)29-18(13)9-15)10-12-3-5-14(25-30-23)8-17(12)22/h1-9,25H,10-11,23H2. The van der Waals surface area contributed by atoms with Crippen molar-refractivity contribution in [1.29, 1.82) is 0 Å². The van der Waals surface area contributed by atoms with Gasteiger partial charge in [-0.25, -0.2) is 18.6 Å². The maximum atomic E-state index is 14.3. The van der Waals surface area contributed by atoms with Crippen LogP contribution in [0.25, 0.3) is 0 Å². The van der Waals surface area contributed by atoms with E-state index in [9.17, 15) is 13.6 Å². The van der Waals surface area contributed by atoms with Crippen molar-refractivity contribution >= 4 is 23.9 Å². The van der Waals surface area contributed by atoms with E-state index in [1.165, 1.54) is 35.4 Å². The highest BCUT2D eigenvalue weighted by Gasteiger charge is 2.26. The molecule has 0 radical (unpaired) electrons. The zero-order valence-corrected chi connectivity index (χ0v) is 16.3. The second kappa shape index (κ2) is 8.56. The lowest BCUT2D eigenvalue weighted by Crippen LogP contribution is -2.36. The van der Waals surface area contributed by atoms with Gasteiger partial charge in [0.15, 0.2) is 5.82 Å². The molecule has 3 aromatic rings. The molecule has 0 unspecified atom stereocenters. The van der Waals surface area contributed by atoms with Gasteiger partial charge in [-0.3, -0.25) is 10.0 Å². The first-order valence-electron chi connectivity index (χ1n) is 8.81.